The van der Waals surface area contributed by atoms with Crippen LogP contribution in [0.3, 0.4) is 0 Å². The van der Waals surface area contributed by atoms with E-state index in [-0.39, 0.29) is 22.8 Å². The Kier molecular flexibility index (Phi) is 4.94. The molecule has 1 amide bonds. The summed E-state index contributed by atoms with van der Waals surface area (Å²) in [5.74, 6) is -0.0835. The van der Waals surface area contributed by atoms with E-state index in [9.17, 15) is 14.0 Å². The molecule has 0 spiro atoms. The number of piperazine rings is 1. The van der Waals surface area contributed by atoms with E-state index in [0.717, 1.165) is 0 Å². The van der Waals surface area contributed by atoms with Crippen molar-refractivity contribution in [3.63, 3.8) is 0 Å². The number of carbonyl (C=O) groups is 1. The summed E-state index contributed by atoms with van der Waals surface area (Å²) in [5.41, 5.74) is 6.35. The van der Waals surface area contributed by atoms with Crippen LogP contribution in [0.4, 0.5) is 15.9 Å². The largest absolute Gasteiger partial charge is 0.397 e. The number of halogens is 1. The molecule has 8 nitrogen and oxygen atoms in total. The molecule has 0 bridgehead atoms. The number of para-hydroxylation sites is 1. The third-order valence-corrected chi connectivity index (χ3v) is 5.28. The summed E-state index contributed by atoms with van der Waals surface area (Å²) in [5, 5.41) is 0.578. The molecule has 0 aliphatic carbocycles. The highest BCUT2D eigenvalue weighted by Crippen LogP contribution is 2.26. The smallest absolute Gasteiger partial charge is 0.282 e. The van der Waals surface area contributed by atoms with Crippen molar-refractivity contribution in [1.82, 2.24) is 19.4 Å². The van der Waals surface area contributed by atoms with E-state index in [2.05, 4.69) is 16.5 Å². The summed E-state index contributed by atoms with van der Waals surface area (Å²) in [4.78, 5) is 37.3. The third kappa shape index (κ3) is 3.18. The van der Waals surface area contributed by atoms with E-state index in [0.29, 0.717) is 43.1 Å². The Balaban J connectivity index is 1.80. The zero-order chi connectivity index (χ0) is 21.4. The van der Waals surface area contributed by atoms with Crippen LogP contribution in [-0.2, 0) is 4.79 Å². The highest BCUT2D eigenvalue weighted by Gasteiger charge is 2.24. The summed E-state index contributed by atoms with van der Waals surface area (Å²) < 4.78 is 15.7. The van der Waals surface area contributed by atoms with E-state index < -0.39 is 11.4 Å². The van der Waals surface area contributed by atoms with Gasteiger partial charge in [0.1, 0.15) is 29.2 Å². The number of nitrogen functional groups attached to an aromatic ring is 1. The molecule has 1 saturated heterocycles. The van der Waals surface area contributed by atoms with Crippen LogP contribution in [-0.4, -0.2) is 51.5 Å². The molecule has 2 N–H and O–H groups in total. The summed E-state index contributed by atoms with van der Waals surface area (Å²) >= 11 is 0. The van der Waals surface area contributed by atoms with E-state index in [1.807, 2.05) is 4.90 Å². The van der Waals surface area contributed by atoms with Gasteiger partial charge in [-0.2, -0.15) is 0 Å². The van der Waals surface area contributed by atoms with E-state index >= 15 is 0 Å². The Labute approximate surface area is 172 Å². The van der Waals surface area contributed by atoms with Crippen LogP contribution in [0.5, 0.6) is 0 Å². The zero-order valence-electron chi connectivity index (χ0n) is 16.5. The molecule has 1 aliphatic heterocycles. The number of carbonyl (C=O) groups excluding carboxylic acids is 1. The van der Waals surface area contributed by atoms with Crippen LogP contribution in [0.2, 0.25) is 0 Å². The number of hydrogen-bond donors (Lipinski definition) is 1. The van der Waals surface area contributed by atoms with Gasteiger partial charge in [-0.25, -0.2) is 14.4 Å². The number of hydrogen-bond acceptors (Lipinski definition) is 6. The standard InChI is InChI=1S/C21H21FN6O2/c1-3-17(29)26-7-9-27(10-8-26)20-14-11-13(2)28(21(30)18(14)24-12-25-20)19-15(22)5-4-6-16(19)23/h3-6,11-12H,1,7-10,23H2,2H3. The van der Waals surface area contributed by atoms with Crippen LogP contribution in [0.25, 0.3) is 16.6 Å². The number of nitrogens with zero attached hydrogens (tertiary/aromatic N) is 5. The Bertz CT molecular complexity index is 1190. The molecule has 0 unspecified atom stereocenters. The van der Waals surface area contributed by atoms with E-state index in [1.54, 1.807) is 24.0 Å². The van der Waals surface area contributed by atoms with E-state index in [1.165, 1.54) is 29.1 Å². The first kappa shape index (κ1) is 19.6. The molecule has 1 fully saturated rings. The summed E-state index contributed by atoms with van der Waals surface area (Å²) in [6, 6.07) is 6.06. The molecule has 0 atom stereocenters. The second-order valence-electron chi connectivity index (χ2n) is 7.08. The minimum absolute atomic E-state index is 0.0126. The van der Waals surface area contributed by atoms with Crippen molar-refractivity contribution in [2.75, 3.05) is 36.8 Å². The van der Waals surface area contributed by atoms with Crippen molar-refractivity contribution in [3.8, 4) is 5.69 Å². The molecular weight excluding hydrogens is 387 g/mol. The summed E-state index contributed by atoms with van der Waals surface area (Å²) in [7, 11) is 0. The molecule has 30 heavy (non-hydrogen) atoms. The topological polar surface area (TPSA) is 97.4 Å². The lowest BCUT2D eigenvalue weighted by molar-refractivity contribution is -0.126. The third-order valence-electron chi connectivity index (χ3n) is 5.28. The number of benzene rings is 1. The van der Waals surface area contributed by atoms with Gasteiger partial charge in [0.15, 0.2) is 0 Å². The lowest BCUT2D eigenvalue weighted by atomic mass is 10.1. The van der Waals surface area contributed by atoms with Crippen molar-refractivity contribution in [1.29, 1.82) is 0 Å². The van der Waals surface area contributed by atoms with Crippen molar-refractivity contribution in [2.45, 2.75) is 6.92 Å². The van der Waals surface area contributed by atoms with Gasteiger partial charge < -0.3 is 15.5 Å². The van der Waals surface area contributed by atoms with Crippen LogP contribution >= 0.6 is 0 Å². The maximum Gasteiger partial charge on any atom is 0.282 e. The van der Waals surface area contributed by atoms with Gasteiger partial charge >= 0.3 is 0 Å². The number of amides is 1. The maximum absolute atomic E-state index is 14.5. The molecule has 3 heterocycles. The summed E-state index contributed by atoms with van der Waals surface area (Å²) in [6.07, 6.45) is 2.63. The molecule has 154 valence electrons. The Hall–Kier alpha value is -3.75. The number of anilines is 2. The van der Waals surface area contributed by atoms with Gasteiger partial charge in [0.25, 0.3) is 5.56 Å². The van der Waals surface area contributed by atoms with Crippen molar-refractivity contribution in [2.24, 2.45) is 0 Å². The van der Waals surface area contributed by atoms with Gasteiger partial charge in [0.2, 0.25) is 5.91 Å². The van der Waals surface area contributed by atoms with Crippen LogP contribution < -0.4 is 16.2 Å². The first-order valence-corrected chi connectivity index (χ1v) is 9.50. The van der Waals surface area contributed by atoms with Crippen LogP contribution in [0, 0.1) is 12.7 Å². The Morgan fingerprint density at radius 1 is 1.23 bits per heavy atom. The molecule has 0 saturated carbocycles. The number of fused-ring (bicyclic) bond motifs is 1. The number of nitrogens with two attached hydrogens (primary N) is 1. The monoisotopic (exact) mass is 408 g/mol. The Morgan fingerprint density at radius 3 is 2.63 bits per heavy atom. The molecule has 4 rings (SSSR count). The molecule has 1 aromatic carbocycles. The predicted octanol–water partition coefficient (Wildman–Crippen LogP) is 1.65. The molecule has 9 heteroatoms. The first-order chi connectivity index (χ1) is 14.4. The quantitative estimate of drug-likeness (QED) is 0.523. The van der Waals surface area contributed by atoms with E-state index in [4.69, 9.17) is 5.73 Å². The predicted molar refractivity (Wildman–Crippen MR) is 113 cm³/mol. The molecule has 2 aromatic heterocycles. The van der Waals surface area contributed by atoms with Gasteiger partial charge in [-0.15, -0.1) is 0 Å². The number of rotatable bonds is 3. The fourth-order valence-corrected chi connectivity index (χ4v) is 3.79. The number of aryl methyl sites for hydroxylation is 1. The molecule has 1 aliphatic rings. The lowest BCUT2D eigenvalue weighted by Gasteiger charge is -2.35. The zero-order valence-corrected chi connectivity index (χ0v) is 16.5. The molecule has 0 radical (unpaired) electrons. The first-order valence-electron chi connectivity index (χ1n) is 9.50. The fraction of sp³-hybridized carbons (Fsp3) is 0.238. The number of pyridine rings is 1. The van der Waals surface area contributed by atoms with Crippen LogP contribution in [0.15, 0.2) is 48.0 Å². The van der Waals surface area contributed by atoms with Gasteiger partial charge in [-0.05, 0) is 31.2 Å². The Morgan fingerprint density at radius 2 is 1.97 bits per heavy atom. The minimum Gasteiger partial charge on any atom is -0.397 e. The lowest BCUT2D eigenvalue weighted by Crippen LogP contribution is -2.48. The molecule has 3 aromatic rings. The maximum atomic E-state index is 14.5. The highest BCUT2D eigenvalue weighted by atomic mass is 19.1. The van der Waals surface area contributed by atoms with Gasteiger partial charge in [0, 0.05) is 31.9 Å². The second kappa shape index (κ2) is 7.58. The van der Waals surface area contributed by atoms with Crippen LogP contribution in [0.1, 0.15) is 5.69 Å². The SMILES string of the molecule is C=CC(=O)N1CCN(c2ncnc3c(=O)n(-c4c(N)cccc4F)c(C)cc23)CC1. The van der Waals surface area contributed by atoms with Crippen molar-refractivity contribution < 1.29 is 9.18 Å². The number of aromatic nitrogens is 3. The molecular formula is C21H21FN6O2. The van der Waals surface area contributed by atoms with Crippen molar-refractivity contribution >= 4 is 28.3 Å². The van der Waals surface area contributed by atoms with Gasteiger partial charge in [-0.3, -0.25) is 14.2 Å². The minimum atomic E-state index is -0.586. The van der Waals surface area contributed by atoms with Gasteiger partial charge in [0.05, 0.1) is 11.1 Å². The highest BCUT2D eigenvalue weighted by molar-refractivity contribution is 5.90. The normalized spacial score (nSPS) is 14.2. The fourth-order valence-electron chi connectivity index (χ4n) is 3.79. The second-order valence-corrected chi connectivity index (χ2v) is 7.08. The average molecular weight is 408 g/mol. The van der Waals surface area contributed by atoms with Crippen molar-refractivity contribution in [3.05, 3.63) is 65.1 Å². The van der Waals surface area contributed by atoms with Gasteiger partial charge in [-0.1, -0.05) is 12.6 Å². The summed E-state index contributed by atoms with van der Waals surface area (Å²) in [6.45, 7) is 7.41. The average Bonchev–Trinajstić information content (AvgIpc) is 2.75.